The van der Waals surface area contributed by atoms with Gasteiger partial charge in [0.05, 0.1) is 5.75 Å². The average molecular weight is 441 g/mol. The second-order valence-electron chi connectivity index (χ2n) is 7.82. The van der Waals surface area contributed by atoms with E-state index in [1.807, 2.05) is 43.4 Å². The molecule has 3 aromatic rings. The first-order valence-electron chi connectivity index (χ1n) is 10.6. The Balaban J connectivity index is 1.51. The number of aromatic nitrogens is 3. The van der Waals surface area contributed by atoms with Crippen molar-refractivity contribution in [2.45, 2.75) is 64.6 Å². The van der Waals surface area contributed by atoms with Crippen LogP contribution in [0.4, 0.5) is 5.69 Å². The maximum Gasteiger partial charge on any atom is 0.234 e. The van der Waals surface area contributed by atoms with Crippen molar-refractivity contribution in [2.24, 2.45) is 0 Å². The number of nitrogens with zero attached hydrogens (tertiary/aromatic N) is 3. The fourth-order valence-corrected chi connectivity index (χ4v) is 5.91. The van der Waals surface area contributed by atoms with E-state index in [4.69, 9.17) is 0 Å². The summed E-state index contributed by atoms with van der Waals surface area (Å²) in [6.45, 7) is 7.05. The second kappa shape index (κ2) is 9.35. The Kier molecular flexibility index (Phi) is 6.58. The third-order valence-electron chi connectivity index (χ3n) is 5.54. The number of thiophene rings is 1. The average Bonchev–Trinajstić information content (AvgIpc) is 3.33. The highest BCUT2D eigenvalue weighted by atomic mass is 32.2. The highest BCUT2D eigenvalue weighted by Gasteiger charge is 2.22. The minimum absolute atomic E-state index is 0.0158. The van der Waals surface area contributed by atoms with Gasteiger partial charge in [-0.3, -0.25) is 4.79 Å². The van der Waals surface area contributed by atoms with Crippen LogP contribution in [0, 0.1) is 13.8 Å². The number of hydrogen-bond acceptors (Lipinski definition) is 5. The standard InChI is InChI=1S/C23H28N4OS2/c1-4-12-27-22(18-13-29-19-11-6-5-10-17(18)19)25-26-23(27)30-14-20(28)24-21-15(2)8-7-9-16(21)3/h7-9,13H,4-6,10-12,14H2,1-3H3,(H,24,28). The lowest BCUT2D eigenvalue weighted by atomic mass is 9.95. The monoisotopic (exact) mass is 440 g/mol. The van der Waals surface area contributed by atoms with E-state index in [1.165, 1.54) is 47.0 Å². The number of amides is 1. The van der Waals surface area contributed by atoms with E-state index < -0.39 is 0 Å². The first-order chi connectivity index (χ1) is 14.6. The van der Waals surface area contributed by atoms with Crippen molar-refractivity contribution in [3.05, 3.63) is 45.1 Å². The van der Waals surface area contributed by atoms with Gasteiger partial charge in [0, 0.05) is 28.1 Å². The van der Waals surface area contributed by atoms with Crippen LogP contribution in [0.25, 0.3) is 11.4 Å². The Morgan fingerprint density at radius 2 is 1.97 bits per heavy atom. The molecule has 2 heterocycles. The van der Waals surface area contributed by atoms with Crippen molar-refractivity contribution in [3.63, 3.8) is 0 Å². The number of rotatable bonds is 7. The summed E-state index contributed by atoms with van der Waals surface area (Å²) >= 11 is 3.32. The summed E-state index contributed by atoms with van der Waals surface area (Å²) in [4.78, 5) is 14.1. The van der Waals surface area contributed by atoms with Crippen LogP contribution in [-0.4, -0.2) is 26.4 Å². The van der Waals surface area contributed by atoms with Crippen molar-refractivity contribution >= 4 is 34.7 Å². The number of aryl methyl sites for hydroxylation is 3. The number of thioether (sulfide) groups is 1. The van der Waals surface area contributed by atoms with Crippen molar-refractivity contribution in [3.8, 4) is 11.4 Å². The molecule has 1 aromatic carbocycles. The minimum Gasteiger partial charge on any atom is -0.325 e. The molecule has 0 spiro atoms. The highest BCUT2D eigenvalue weighted by Crippen LogP contribution is 2.37. The van der Waals surface area contributed by atoms with Gasteiger partial charge in [0.2, 0.25) is 5.91 Å². The highest BCUT2D eigenvalue weighted by molar-refractivity contribution is 7.99. The second-order valence-corrected chi connectivity index (χ2v) is 9.73. The molecule has 4 rings (SSSR count). The lowest BCUT2D eigenvalue weighted by Crippen LogP contribution is -2.16. The molecule has 0 bridgehead atoms. The molecular weight excluding hydrogens is 412 g/mol. The van der Waals surface area contributed by atoms with E-state index in [1.54, 1.807) is 0 Å². The number of fused-ring (bicyclic) bond motifs is 1. The van der Waals surface area contributed by atoms with E-state index in [0.29, 0.717) is 5.75 Å². The van der Waals surface area contributed by atoms with Crippen LogP contribution in [0.1, 0.15) is 47.8 Å². The lowest BCUT2D eigenvalue weighted by Gasteiger charge is -2.14. The summed E-state index contributed by atoms with van der Waals surface area (Å²) in [5.74, 6) is 1.25. The first kappa shape index (κ1) is 21.1. The van der Waals surface area contributed by atoms with Gasteiger partial charge < -0.3 is 9.88 Å². The molecule has 0 unspecified atom stereocenters. The Morgan fingerprint density at radius 3 is 2.73 bits per heavy atom. The van der Waals surface area contributed by atoms with Gasteiger partial charge in [0.25, 0.3) is 0 Å². The molecule has 2 aromatic heterocycles. The molecular formula is C23H28N4OS2. The molecule has 1 amide bonds. The van der Waals surface area contributed by atoms with Crippen LogP contribution < -0.4 is 5.32 Å². The molecule has 7 heteroatoms. The summed E-state index contributed by atoms with van der Waals surface area (Å²) in [5, 5.41) is 15.1. The molecule has 0 radical (unpaired) electrons. The fraction of sp³-hybridized carbons (Fsp3) is 0.435. The number of anilines is 1. The number of carbonyl (C=O) groups excluding carboxylic acids is 1. The fourth-order valence-electron chi connectivity index (χ4n) is 4.02. The largest absolute Gasteiger partial charge is 0.325 e. The normalized spacial score (nSPS) is 13.3. The molecule has 0 atom stereocenters. The SMILES string of the molecule is CCCn1c(SCC(=O)Nc2c(C)cccc2C)nnc1-c1csc2c1CCCC2. The van der Waals surface area contributed by atoms with Crippen LogP contribution in [0.3, 0.4) is 0 Å². The molecule has 1 N–H and O–H groups in total. The zero-order chi connectivity index (χ0) is 21.1. The first-order valence-corrected chi connectivity index (χ1v) is 12.5. The summed E-state index contributed by atoms with van der Waals surface area (Å²) in [5.41, 5.74) is 5.76. The van der Waals surface area contributed by atoms with Gasteiger partial charge in [-0.25, -0.2) is 0 Å². The zero-order valence-corrected chi connectivity index (χ0v) is 19.5. The molecule has 1 aliphatic carbocycles. The Morgan fingerprint density at radius 1 is 1.20 bits per heavy atom. The van der Waals surface area contributed by atoms with Crippen molar-refractivity contribution in [1.82, 2.24) is 14.8 Å². The molecule has 1 aliphatic rings. The van der Waals surface area contributed by atoms with Gasteiger partial charge in [0.1, 0.15) is 0 Å². The number of nitrogens with one attached hydrogen (secondary N) is 1. The van der Waals surface area contributed by atoms with Crippen molar-refractivity contribution in [1.29, 1.82) is 0 Å². The van der Waals surface area contributed by atoms with E-state index in [2.05, 4.69) is 32.4 Å². The molecule has 0 fully saturated rings. The van der Waals surface area contributed by atoms with Gasteiger partial charge in [-0.05, 0) is 62.6 Å². The number of benzene rings is 1. The number of para-hydroxylation sites is 1. The maximum absolute atomic E-state index is 12.6. The van der Waals surface area contributed by atoms with E-state index in [0.717, 1.165) is 47.2 Å². The van der Waals surface area contributed by atoms with Gasteiger partial charge in [0.15, 0.2) is 11.0 Å². The molecule has 0 saturated carbocycles. The zero-order valence-electron chi connectivity index (χ0n) is 17.8. The smallest absolute Gasteiger partial charge is 0.234 e. The molecule has 158 valence electrons. The predicted molar refractivity (Wildman–Crippen MR) is 126 cm³/mol. The predicted octanol–water partition coefficient (Wildman–Crippen LogP) is 5.64. The summed E-state index contributed by atoms with van der Waals surface area (Å²) in [6, 6.07) is 6.04. The van der Waals surface area contributed by atoms with Gasteiger partial charge in [-0.15, -0.1) is 21.5 Å². The topological polar surface area (TPSA) is 59.8 Å². The van der Waals surface area contributed by atoms with Crippen LogP contribution in [0.5, 0.6) is 0 Å². The Hall–Kier alpha value is -2.12. The van der Waals surface area contributed by atoms with Crippen molar-refractivity contribution in [2.75, 3.05) is 11.1 Å². The van der Waals surface area contributed by atoms with E-state index >= 15 is 0 Å². The van der Waals surface area contributed by atoms with E-state index in [-0.39, 0.29) is 5.91 Å². The summed E-state index contributed by atoms with van der Waals surface area (Å²) in [7, 11) is 0. The minimum atomic E-state index is -0.0158. The quantitative estimate of drug-likeness (QED) is 0.483. The van der Waals surface area contributed by atoms with Gasteiger partial charge in [-0.1, -0.05) is 36.9 Å². The number of carbonyl (C=O) groups is 1. The van der Waals surface area contributed by atoms with E-state index in [9.17, 15) is 4.79 Å². The molecule has 30 heavy (non-hydrogen) atoms. The molecule has 5 nitrogen and oxygen atoms in total. The van der Waals surface area contributed by atoms with Crippen molar-refractivity contribution < 1.29 is 4.79 Å². The molecule has 0 aliphatic heterocycles. The third-order valence-corrected chi connectivity index (χ3v) is 7.60. The van der Waals surface area contributed by atoms with Gasteiger partial charge in [-0.2, -0.15) is 0 Å². The Bertz CT molecular complexity index is 1030. The third kappa shape index (κ3) is 4.32. The summed E-state index contributed by atoms with van der Waals surface area (Å²) < 4.78 is 2.19. The number of hydrogen-bond donors (Lipinski definition) is 1. The van der Waals surface area contributed by atoms with Crippen LogP contribution in [-0.2, 0) is 24.2 Å². The van der Waals surface area contributed by atoms with Gasteiger partial charge >= 0.3 is 0 Å². The summed E-state index contributed by atoms with van der Waals surface area (Å²) in [6.07, 6.45) is 5.85. The van der Waals surface area contributed by atoms with Crippen LogP contribution >= 0.6 is 23.1 Å². The van der Waals surface area contributed by atoms with Crippen LogP contribution in [0.2, 0.25) is 0 Å². The van der Waals surface area contributed by atoms with Crippen LogP contribution in [0.15, 0.2) is 28.7 Å². The Labute approximate surface area is 186 Å². The molecule has 0 saturated heterocycles. The maximum atomic E-state index is 12.6. The lowest BCUT2D eigenvalue weighted by molar-refractivity contribution is -0.113.